The molecule has 6 aromatic rings. The fourth-order valence-electron chi connectivity index (χ4n) is 6.06. The zero-order valence-electron chi connectivity index (χ0n) is 24.7. The number of hydrogen-bond donors (Lipinski definition) is 3. The van der Waals surface area contributed by atoms with Gasteiger partial charge in [-0.05, 0) is 71.3 Å². The van der Waals surface area contributed by atoms with Gasteiger partial charge in [0.05, 0.1) is 34.5 Å². The van der Waals surface area contributed by atoms with Crippen LogP contribution >= 0.6 is 11.3 Å². The van der Waals surface area contributed by atoms with Crippen LogP contribution in [-0.2, 0) is 20.1 Å². The molecule has 0 amide bonds. The van der Waals surface area contributed by atoms with Crippen molar-refractivity contribution in [1.29, 1.82) is 0 Å². The van der Waals surface area contributed by atoms with Crippen molar-refractivity contribution in [3.05, 3.63) is 124 Å². The zero-order valence-corrected chi connectivity index (χ0v) is 25.5. The molecular weight excluding hydrogens is 569 g/mol. The smallest absolute Gasteiger partial charge is 0.143 e. The van der Waals surface area contributed by atoms with Gasteiger partial charge < -0.3 is 16.0 Å². The third-order valence-electron chi connectivity index (χ3n) is 8.16. The molecule has 220 valence electrons. The van der Waals surface area contributed by atoms with Gasteiger partial charge in [0.2, 0.25) is 0 Å². The number of rotatable bonds is 8. The lowest BCUT2D eigenvalue weighted by Gasteiger charge is -2.27. The van der Waals surface area contributed by atoms with Gasteiger partial charge in [0, 0.05) is 61.0 Å². The summed E-state index contributed by atoms with van der Waals surface area (Å²) in [5.41, 5.74) is 10.5. The largest absolute Gasteiger partial charge is 0.352 e. The summed E-state index contributed by atoms with van der Waals surface area (Å²) in [7, 11) is 3.78. The van der Waals surface area contributed by atoms with Gasteiger partial charge in [0.15, 0.2) is 0 Å². The van der Waals surface area contributed by atoms with Crippen molar-refractivity contribution in [2.75, 3.05) is 12.4 Å². The second kappa shape index (κ2) is 11.8. The first-order valence-corrected chi connectivity index (χ1v) is 15.5. The second-order valence-electron chi connectivity index (χ2n) is 11.1. The van der Waals surface area contributed by atoms with Crippen LogP contribution < -0.4 is 16.0 Å². The number of aryl methyl sites for hydroxylation is 2. The van der Waals surface area contributed by atoms with E-state index in [2.05, 4.69) is 61.0 Å². The number of nitrogens with one attached hydrogen (secondary N) is 3. The van der Waals surface area contributed by atoms with Crippen LogP contribution in [0.3, 0.4) is 0 Å². The Hall–Kier alpha value is -4.70. The number of fused-ring (bicyclic) bond motifs is 2. The number of pyridine rings is 2. The minimum atomic E-state index is -0.307. The number of anilines is 1. The van der Waals surface area contributed by atoms with Crippen molar-refractivity contribution in [2.24, 2.45) is 7.05 Å². The Labute approximate surface area is 259 Å². The Bertz CT molecular complexity index is 2000. The molecule has 3 N–H and O–H groups in total. The highest BCUT2D eigenvalue weighted by molar-refractivity contribution is 7.08. The highest BCUT2D eigenvalue weighted by atomic mass is 32.1. The van der Waals surface area contributed by atoms with Crippen molar-refractivity contribution in [1.82, 2.24) is 30.4 Å². The van der Waals surface area contributed by atoms with Crippen LogP contribution in [0.25, 0.3) is 38.9 Å². The second-order valence-corrected chi connectivity index (χ2v) is 11.8. The van der Waals surface area contributed by atoms with Crippen LogP contribution in [0.5, 0.6) is 0 Å². The summed E-state index contributed by atoms with van der Waals surface area (Å²) in [6, 6.07) is 16.3. The van der Waals surface area contributed by atoms with Crippen LogP contribution in [0.1, 0.15) is 34.0 Å². The Balaban J connectivity index is 1.26. The molecule has 0 saturated carbocycles. The summed E-state index contributed by atoms with van der Waals surface area (Å²) in [6.07, 6.45) is 9.36. The third kappa shape index (κ3) is 5.09. The number of thiophene rings is 1. The number of likely N-dealkylation sites (N-methyl/N-ethyl adjacent to an activating group) is 1. The molecule has 44 heavy (non-hydrogen) atoms. The van der Waals surface area contributed by atoms with Gasteiger partial charge in [-0.25, -0.2) is 4.39 Å². The molecule has 1 unspecified atom stereocenters. The van der Waals surface area contributed by atoms with E-state index >= 15 is 4.39 Å². The Morgan fingerprint density at radius 1 is 0.977 bits per heavy atom. The molecule has 1 atom stereocenters. The predicted molar refractivity (Wildman–Crippen MR) is 177 cm³/mol. The fourth-order valence-corrected chi connectivity index (χ4v) is 6.72. The normalized spacial score (nSPS) is 14.4. The summed E-state index contributed by atoms with van der Waals surface area (Å²) in [6.45, 7) is 3.31. The summed E-state index contributed by atoms with van der Waals surface area (Å²) in [4.78, 5) is 9.00. The van der Waals surface area contributed by atoms with Crippen LogP contribution in [0.4, 0.5) is 10.1 Å². The Morgan fingerprint density at radius 3 is 2.59 bits per heavy atom. The van der Waals surface area contributed by atoms with Crippen molar-refractivity contribution in [2.45, 2.75) is 26.1 Å². The monoisotopic (exact) mass is 601 g/mol. The van der Waals surface area contributed by atoms with Gasteiger partial charge in [-0.2, -0.15) is 16.4 Å². The zero-order chi connectivity index (χ0) is 30.2. The van der Waals surface area contributed by atoms with Crippen molar-refractivity contribution in [3.63, 3.8) is 0 Å². The van der Waals surface area contributed by atoms with Crippen molar-refractivity contribution >= 4 is 33.6 Å². The molecule has 7 rings (SSSR count). The first-order chi connectivity index (χ1) is 21.5. The van der Waals surface area contributed by atoms with E-state index in [1.165, 1.54) is 5.56 Å². The van der Waals surface area contributed by atoms with Crippen LogP contribution in [0, 0.1) is 12.7 Å². The van der Waals surface area contributed by atoms with Crippen LogP contribution in [0.15, 0.2) is 90.2 Å². The van der Waals surface area contributed by atoms with Gasteiger partial charge in [-0.15, -0.1) is 0 Å². The number of aromatic nitrogens is 4. The van der Waals surface area contributed by atoms with Crippen LogP contribution in [0.2, 0.25) is 0 Å². The van der Waals surface area contributed by atoms with E-state index in [9.17, 15) is 0 Å². The van der Waals surface area contributed by atoms with E-state index in [0.717, 1.165) is 56.8 Å². The molecule has 7 nitrogen and oxygen atoms in total. The van der Waals surface area contributed by atoms with E-state index < -0.39 is 0 Å². The predicted octanol–water partition coefficient (Wildman–Crippen LogP) is 7.22. The SMILES string of the molecule is CNC1C=C(c2nn(C)c3cc(C)c(-c4cncc(CNCc5ccccc5)c4)c(F)c23)Nc2cncc(-c3ccsc3)c21. The number of halogens is 1. The standard InChI is InChI=1S/C35H32FN7S/c1-21-11-30-33(34(36)31(21)25-12-23(16-39-17-25)15-38-14-22-7-5-4-6-8-22)35(42-43(30)3)28-13-27(37-2)32-26(24-9-10-44-20-24)18-40-19-29(32)41-28/h4-13,16-20,27,37-38,41H,14-15H2,1-3H3. The van der Waals surface area contributed by atoms with E-state index in [0.29, 0.717) is 23.2 Å². The molecule has 0 fully saturated rings. The third-order valence-corrected chi connectivity index (χ3v) is 8.85. The van der Waals surface area contributed by atoms with E-state index in [-0.39, 0.29) is 11.9 Å². The van der Waals surface area contributed by atoms with Crippen molar-refractivity contribution in [3.8, 4) is 22.3 Å². The maximum atomic E-state index is 16.8. The Kier molecular flexibility index (Phi) is 7.51. The summed E-state index contributed by atoms with van der Waals surface area (Å²) < 4.78 is 18.5. The molecule has 0 saturated heterocycles. The van der Waals surface area contributed by atoms with Gasteiger partial charge in [0.25, 0.3) is 0 Å². The molecule has 5 heterocycles. The molecule has 2 aromatic carbocycles. The quantitative estimate of drug-likeness (QED) is 0.171. The van der Waals surface area contributed by atoms with Crippen LogP contribution in [-0.4, -0.2) is 26.8 Å². The van der Waals surface area contributed by atoms with Gasteiger partial charge in [0.1, 0.15) is 11.5 Å². The maximum Gasteiger partial charge on any atom is 0.143 e. The summed E-state index contributed by atoms with van der Waals surface area (Å²) in [5, 5.41) is 19.9. The topological polar surface area (TPSA) is 79.7 Å². The van der Waals surface area contributed by atoms with E-state index in [1.807, 2.05) is 69.9 Å². The highest BCUT2D eigenvalue weighted by Gasteiger charge is 2.28. The average molecular weight is 602 g/mol. The lowest BCUT2D eigenvalue weighted by Crippen LogP contribution is -2.22. The lowest BCUT2D eigenvalue weighted by atomic mass is 9.92. The van der Waals surface area contributed by atoms with Gasteiger partial charge in [-0.1, -0.05) is 30.3 Å². The minimum absolute atomic E-state index is 0.117. The lowest BCUT2D eigenvalue weighted by molar-refractivity contribution is 0.641. The fraction of sp³-hybridized carbons (Fsp3) is 0.171. The number of hydrogen-bond acceptors (Lipinski definition) is 7. The molecule has 1 aliphatic rings. The average Bonchev–Trinajstić information content (AvgIpc) is 3.70. The molecule has 1 aliphatic heterocycles. The Morgan fingerprint density at radius 2 is 1.80 bits per heavy atom. The van der Waals surface area contributed by atoms with E-state index in [1.54, 1.807) is 22.2 Å². The van der Waals surface area contributed by atoms with E-state index in [4.69, 9.17) is 5.10 Å². The minimum Gasteiger partial charge on any atom is -0.352 e. The van der Waals surface area contributed by atoms with Gasteiger partial charge >= 0.3 is 0 Å². The maximum absolute atomic E-state index is 16.8. The molecule has 0 radical (unpaired) electrons. The molecule has 4 aromatic heterocycles. The summed E-state index contributed by atoms with van der Waals surface area (Å²) in [5.74, 6) is -0.307. The first kappa shape index (κ1) is 28.1. The summed E-state index contributed by atoms with van der Waals surface area (Å²) >= 11 is 1.65. The number of benzene rings is 2. The number of nitrogens with zero attached hydrogens (tertiary/aromatic N) is 4. The van der Waals surface area contributed by atoms with Gasteiger partial charge in [-0.3, -0.25) is 14.6 Å². The van der Waals surface area contributed by atoms with Crippen molar-refractivity contribution < 1.29 is 4.39 Å². The molecule has 0 aliphatic carbocycles. The molecular formula is C35H32FN7S. The highest BCUT2D eigenvalue weighted by Crippen LogP contribution is 2.42. The molecule has 0 bridgehead atoms. The molecule has 9 heteroatoms. The molecule has 0 spiro atoms. The first-order valence-electron chi connectivity index (χ1n) is 14.5.